The molecule has 12 heteroatoms. The smallest absolute Gasteiger partial charge is 0.269 e. The first kappa shape index (κ1) is 22.2. The maximum Gasteiger partial charge on any atom is 0.269 e. The van der Waals surface area contributed by atoms with Crippen LogP contribution in [0.1, 0.15) is 23.7 Å². The number of rotatable bonds is 6. The van der Waals surface area contributed by atoms with E-state index in [1.165, 1.54) is 36.4 Å². The second kappa shape index (κ2) is 9.24. The van der Waals surface area contributed by atoms with E-state index in [4.69, 9.17) is 18.9 Å². The normalized spacial score (nSPS) is 29.8. The molecule has 6 atom stereocenters. The van der Waals surface area contributed by atoms with Crippen LogP contribution in [0, 0.1) is 20.2 Å². The predicted molar refractivity (Wildman–Crippen MR) is 105 cm³/mol. The van der Waals surface area contributed by atoms with E-state index in [9.17, 15) is 30.4 Å². The maximum absolute atomic E-state index is 11.1. The number of non-ortho nitro benzene ring substituents is 2. The minimum absolute atomic E-state index is 0.155. The molecule has 0 radical (unpaired) electrons. The van der Waals surface area contributed by atoms with Gasteiger partial charge in [0.25, 0.3) is 11.4 Å². The van der Waals surface area contributed by atoms with Crippen LogP contribution in [-0.2, 0) is 18.9 Å². The van der Waals surface area contributed by atoms with Crippen molar-refractivity contribution in [3.63, 3.8) is 0 Å². The van der Waals surface area contributed by atoms with Crippen molar-refractivity contribution in [3.8, 4) is 0 Å². The lowest BCUT2D eigenvalue weighted by atomic mass is 9.98. The van der Waals surface area contributed by atoms with Crippen molar-refractivity contribution >= 4 is 11.4 Å². The number of benzene rings is 2. The van der Waals surface area contributed by atoms with Crippen molar-refractivity contribution in [1.82, 2.24) is 0 Å². The fourth-order valence-corrected chi connectivity index (χ4v) is 3.75. The summed E-state index contributed by atoms with van der Waals surface area (Å²) in [5, 5.41) is 42.0. The van der Waals surface area contributed by atoms with E-state index in [1.54, 1.807) is 12.1 Å². The Balaban J connectivity index is 1.60. The first-order chi connectivity index (χ1) is 15.4. The van der Waals surface area contributed by atoms with Gasteiger partial charge in [0.2, 0.25) is 0 Å². The Kier molecular flexibility index (Phi) is 6.41. The number of aliphatic hydroxyl groups excluding tert-OH is 2. The van der Waals surface area contributed by atoms with Crippen LogP contribution in [0.15, 0.2) is 48.5 Å². The van der Waals surface area contributed by atoms with E-state index in [0.29, 0.717) is 11.1 Å². The van der Waals surface area contributed by atoms with Crippen LogP contribution in [0.25, 0.3) is 0 Å². The topological polar surface area (TPSA) is 164 Å². The third-order valence-electron chi connectivity index (χ3n) is 5.28. The molecule has 12 nitrogen and oxygen atoms in total. The van der Waals surface area contributed by atoms with Crippen LogP contribution >= 0.6 is 0 Å². The van der Waals surface area contributed by atoms with Gasteiger partial charge in [-0.3, -0.25) is 20.2 Å². The Morgan fingerprint density at radius 2 is 1.12 bits per heavy atom. The number of nitro groups is 2. The second-order valence-corrected chi connectivity index (χ2v) is 7.28. The van der Waals surface area contributed by atoms with Gasteiger partial charge in [0.15, 0.2) is 12.6 Å². The highest BCUT2D eigenvalue weighted by atomic mass is 16.8. The molecule has 2 aliphatic rings. The van der Waals surface area contributed by atoms with E-state index in [-0.39, 0.29) is 11.4 Å². The molecule has 2 unspecified atom stereocenters. The molecular weight excluding hydrogens is 428 g/mol. The third kappa shape index (κ3) is 4.32. The number of aliphatic hydroxyl groups is 2. The zero-order valence-corrected chi connectivity index (χ0v) is 16.6. The summed E-state index contributed by atoms with van der Waals surface area (Å²) in [6, 6.07) is 11.4. The molecule has 0 bridgehead atoms. The van der Waals surface area contributed by atoms with Gasteiger partial charge in [0, 0.05) is 35.4 Å². The standard InChI is InChI=1S/C20H20N2O10/c23-9-15-18-17(31-19(29-15)11-3-1-5-13(7-11)21(25)26)16(10-24)30-20(32-18)12-4-2-6-14(8-12)22(27)28/h1-8,15-20,23-24H,9-10H2/t15-,16+,17-,18-,19?,20?/m0/s1. The van der Waals surface area contributed by atoms with Gasteiger partial charge in [0.05, 0.1) is 23.1 Å². The third-order valence-corrected chi connectivity index (χ3v) is 5.28. The molecule has 2 heterocycles. The summed E-state index contributed by atoms with van der Waals surface area (Å²) in [6.45, 7) is -0.925. The van der Waals surface area contributed by atoms with Gasteiger partial charge >= 0.3 is 0 Å². The molecule has 0 aliphatic carbocycles. The van der Waals surface area contributed by atoms with Crippen LogP contribution in [0.2, 0.25) is 0 Å². The van der Waals surface area contributed by atoms with E-state index in [2.05, 4.69) is 0 Å². The quantitative estimate of drug-likeness (QED) is 0.491. The molecule has 2 N–H and O–H groups in total. The largest absolute Gasteiger partial charge is 0.394 e. The van der Waals surface area contributed by atoms with E-state index < -0.39 is 60.1 Å². The Bertz CT molecular complexity index is 922. The molecule has 4 rings (SSSR count). The first-order valence-electron chi connectivity index (χ1n) is 9.73. The SMILES string of the molecule is O=[N+]([O-])c1cccc(C2O[C@@H]3[C@@H](OC(c4cccc([N+](=O)[O-])c4)O[C@@H]3CO)[C@H](CO)O2)c1. The summed E-state index contributed by atoms with van der Waals surface area (Å²) in [6.07, 6.45) is -5.68. The van der Waals surface area contributed by atoms with Crippen LogP contribution < -0.4 is 0 Å². The van der Waals surface area contributed by atoms with Crippen LogP contribution in [0.4, 0.5) is 11.4 Å². The van der Waals surface area contributed by atoms with Crippen molar-refractivity contribution in [2.24, 2.45) is 0 Å². The zero-order valence-electron chi connectivity index (χ0n) is 16.6. The molecule has 170 valence electrons. The number of hydrogen-bond donors (Lipinski definition) is 2. The molecular formula is C20H20N2O10. The van der Waals surface area contributed by atoms with Crippen molar-refractivity contribution in [2.75, 3.05) is 13.2 Å². The summed E-state index contributed by atoms with van der Waals surface area (Å²) in [7, 11) is 0. The van der Waals surface area contributed by atoms with Gasteiger partial charge in [-0.25, -0.2) is 0 Å². The van der Waals surface area contributed by atoms with Crippen molar-refractivity contribution in [1.29, 1.82) is 0 Å². The average molecular weight is 448 g/mol. The molecule has 0 spiro atoms. The van der Waals surface area contributed by atoms with Crippen LogP contribution in [0.3, 0.4) is 0 Å². The number of fused-ring (bicyclic) bond motifs is 1. The fourth-order valence-electron chi connectivity index (χ4n) is 3.75. The highest BCUT2D eigenvalue weighted by Gasteiger charge is 2.50. The molecule has 0 saturated carbocycles. The van der Waals surface area contributed by atoms with E-state index in [1.807, 2.05) is 0 Å². The van der Waals surface area contributed by atoms with E-state index >= 15 is 0 Å². The minimum Gasteiger partial charge on any atom is -0.394 e. The molecule has 32 heavy (non-hydrogen) atoms. The summed E-state index contributed by atoms with van der Waals surface area (Å²) in [5.74, 6) is 0. The molecule has 2 aromatic rings. The maximum atomic E-state index is 11.1. The van der Waals surface area contributed by atoms with Crippen molar-refractivity contribution in [2.45, 2.75) is 37.0 Å². The lowest BCUT2D eigenvalue weighted by Crippen LogP contribution is -2.59. The molecule has 0 aromatic heterocycles. The van der Waals surface area contributed by atoms with E-state index in [0.717, 1.165) is 0 Å². The number of nitro benzene ring substituents is 2. The molecule has 0 amide bonds. The van der Waals surface area contributed by atoms with Gasteiger partial charge in [0.1, 0.15) is 24.4 Å². The highest BCUT2D eigenvalue weighted by Crippen LogP contribution is 2.41. The molecule has 2 aliphatic heterocycles. The monoisotopic (exact) mass is 448 g/mol. The van der Waals surface area contributed by atoms with Gasteiger partial charge in [-0.05, 0) is 0 Å². The minimum atomic E-state index is -1.07. The highest BCUT2D eigenvalue weighted by molar-refractivity contribution is 5.36. The summed E-state index contributed by atoms with van der Waals surface area (Å²) in [5.41, 5.74) is 0.401. The summed E-state index contributed by atoms with van der Waals surface area (Å²) >= 11 is 0. The predicted octanol–water partition coefficient (Wildman–Crippen LogP) is 1.75. The number of ether oxygens (including phenoxy) is 4. The van der Waals surface area contributed by atoms with Crippen LogP contribution in [0.5, 0.6) is 0 Å². The van der Waals surface area contributed by atoms with Crippen molar-refractivity contribution < 1.29 is 39.0 Å². The van der Waals surface area contributed by atoms with Gasteiger partial charge in [-0.1, -0.05) is 24.3 Å². The zero-order chi connectivity index (χ0) is 22.8. The fraction of sp³-hybridized carbons (Fsp3) is 0.400. The Hall–Kier alpha value is -3.00. The van der Waals surface area contributed by atoms with Gasteiger partial charge < -0.3 is 29.2 Å². The van der Waals surface area contributed by atoms with Crippen LogP contribution in [-0.4, -0.2) is 57.7 Å². The first-order valence-corrected chi connectivity index (χ1v) is 9.73. The lowest BCUT2D eigenvalue weighted by molar-refractivity contribution is -0.390. The molecule has 2 fully saturated rings. The number of hydrogen-bond acceptors (Lipinski definition) is 10. The molecule has 2 aromatic carbocycles. The van der Waals surface area contributed by atoms with Gasteiger partial charge in [-0.2, -0.15) is 0 Å². The Morgan fingerprint density at radius 3 is 1.47 bits per heavy atom. The van der Waals surface area contributed by atoms with Gasteiger partial charge in [-0.15, -0.1) is 0 Å². The molecule has 2 saturated heterocycles. The Labute approximate surface area is 181 Å². The van der Waals surface area contributed by atoms with Crippen molar-refractivity contribution in [3.05, 3.63) is 79.9 Å². The lowest BCUT2D eigenvalue weighted by Gasteiger charge is -2.48. The number of nitrogens with zero attached hydrogens (tertiary/aromatic N) is 2. The summed E-state index contributed by atoms with van der Waals surface area (Å²) < 4.78 is 23.4. The second-order valence-electron chi connectivity index (χ2n) is 7.28. The average Bonchev–Trinajstić information content (AvgIpc) is 2.82. The Morgan fingerprint density at radius 1 is 0.719 bits per heavy atom. The summed E-state index contributed by atoms with van der Waals surface area (Å²) in [4.78, 5) is 21.1.